The molecule has 0 atom stereocenters. The minimum Gasteiger partial charge on any atom is -0.489 e. The molecule has 0 unspecified atom stereocenters. The first-order valence-electron chi connectivity index (χ1n) is 11.4. The largest absolute Gasteiger partial charge is 0.489 e. The molecule has 0 radical (unpaired) electrons. The number of anilines is 1. The molecule has 1 amide bonds. The van der Waals surface area contributed by atoms with Crippen LogP contribution in [0.4, 0.5) is 5.69 Å². The molecule has 0 aliphatic carbocycles. The van der Waals surface area contributed by atoms with Gasteiger partial charge in [-0.3, -0.25) is 4.79 Å². The third kappa shape index (κ3) is 5.90. The van der Waals surface area contributed by atoms with Crippen molar-refractivity contribution in [3.8, 4) is 5.75 Å². The summed E-state index contributed by atoms with van der Waals surface area (Å²) in [6, 6.07) is 12.2. The van der Waals surface area contributed by atoms with Crippen molar-refractivity contribution in [3.05, 3.63) is 70.6 Å². The average molecular weight is 500 g/mol. The van der Waals surface area contributed by atoms with Crippen LogP contribution in [0.15, 0.2) is 51.9 Å². The molecule has 1 aliphatic heterocycles. The van der Waals surface area contributed by atoms with Crippen LogP contribution >= 0.6 is 0 Å². The second-order valence-corrected chi connectivity index (χ2v) is 10.4. The summed E-state index contributed by atoms with van der Waals surface area (Å²) in [6.07, 6.45) is 0.142. The highest BCUT2D eigenvalue weighted by atomic mass is 32.2. The Hall–Kier alpha value is -3.21. The molecule has 3 aromatic rings. The Bertz CT molecular complexity index is 1280. The number of aromatic nitrogens is 1. The second-order valence-electron chi connectivity index (χ2n) is 8.46. The van der Waals surface area contributed by atoms with E-state index in [1.807, 2.05) is 26.0 Å². The van der Waals surface area contributed by atoms with Gasteiger partial charge in [0.2, 0.25) is 15.9 Å². The molecule has 1 N–H and O–H groups in total. The Balaban J connectivity index is 1.37. The maximum Gasteiger partial charge on any atom is 0.243 e. The third-order valence-corrected chi connectivity index (χ3v) is 7.95. The van der Waals surface area contributed by atoms with Gasteiger partial charge in [-0.05, 0) is 56.2 Å². The van der Waals surface area contributed by atoms with E-state index in [1.54, 1.807) is 31.2 Å². The van der Waals surface area contributed by atoms with E-state index in [-0.39, 0.29) is 17.2 Å². The molecule has 1 aliphatic rings. The van der Waals surface area contributed by atoms with Gasteiger partial charge < -0.3 is 19.3 Å². The van der Waals surface area contributed by atoms with Crippen molar-refractivity contribution in [2.45, 2.75) is 38.7 Å². The number of carbonyl (C=O) groups excluding carboxylic acids is 1. The van der Waals surface area contributed by atoms with E-state index < -0.39 is 10.0 Å². The van der Waals surface area contributed by atoms with Gasteiger partial charge in [-0.1, -0.05) is 23.4 Å². The molecule has 0 bridgehead atoms. The number of nitrogens with zero attached hydrogens (tertiary/aromatic N) is 2. The van der Waals surface area contributed by atoms with E-state index in [2.05, 4.69) is 10.5 Å². The molecule has 1 aromatic heterocycles. The van der Waals surface area contributed by atoms with E-state index in [9.17, 15) is 13.2 Å². The first kappa shape index (κ1) is 24.9. The second kappa shape index (κ2) is 10.6. The molecule has 1 saturated heterocycles. The number of amides is 1. The molecule has 2 heterocycles. The fourth-order valence-electron chi connectivity index (χ4n) is 3.84. The molecule has 1 fully saturated rings. The predicted molar refractivity (Wildman–Crippen MR) is 130 cm³/mol. The van der Waals surface area contributed by atoms with Crippen LogP contribution in [0.2, 0.25) is 0 Å². The number of benzene rings is 2. The van der Waals surface area contributed by atoms with Crippen LogP contribution in [0, 0.1) is 20.8 Å². The Labute approximate surface area is 205 Å². The van der Waals surface area contributed by atoms with Crippen molar-refractivity contribution >= 4 is 21.6 Å². The minimum absolute atomic E-state index is 0.142. The van der Waals surface area contributed by atoms with E-state index in [0.717, 1.165) is 22.6 Å². The maximum atomic E-state index is 13.1. The number of aryl methyl sites for hydroxylation is 3. The monoisotopic (exact) mass is 499 g/mol. The highest BCUT2D eigenvalue weighted by Gasteiger charge is 2.28. The molecule has 4 rings (SSSR count). The first-order valence-corrected chi connectivity index (χ1v) is 12.8. The van der Waals surface area contributed by atoms with Gasteiger partial charge in [0.15, 0.2) is 0 Å². The molecule has 35 heavy (non-hydrogen) atoms. The standard InChI is InChI=1S/C25H29N3O6S/c1-17-4-7-21(15-24(17)35(30,31)28-10-12-32-13-11-28)26-25(29)14-20-5-8-22(9-6-20)33-16-23-18(2)27-34-19(23)3/h4-9,15H,10-14,16H2,1-3H3,(H,26,29). The van der Waals surface area contributed by atoms with Crippen molar-refractivity contribution in [1.29, 1.82) is 0 Å². The van der Waals surface area contributed by atoms with Crippen LogP contribution in [-0.4, -0.2) is 50.1 Å². The molecule has 2 aromatic carbocycles. The van der Waals surface area contributed by atoms with Crippen LogP contribution in [0.25, 0.3) is 0 Å². The number of hydrogen-bond acceptors (Lipinski definition) is 7. The SMILES string of the molecule is Cc1ccc(NC(=O)Cc2ccc(OCc3c(C)noc3C)cc2)cc1S(=O)(=O)N1CCOCC1. The highest BCUT2D eigenvalue weighted by molar-refractivity contribution is 7.89. The summed E-state index contributed by atoms with van der Waals surface area (Å²) in [4.78, 5) is 12.8. The van der Waals surface area contributed by atoms with Gasteiger partial charge in [-0.2, -0.15) is 4.31 Å². The molecule has 0 saturated carbocycles. The summed E-state index contributed by atoms with van der Waals surface area (Å²) in [5.41, 5.74) is 3.59. The van der Waals surface area contributed by atoms with Gasteiger partial charge in [0.1, 0.15) is 18.1 Å². The fourth-order valence-corrected chi connectivity index (χ4v) is 5.50. The Morgan fingerprint density at radius 3 is 2.46 bits per heavy atom. The minimum atomic E-state index is -3.66. The summed E-state index contributed by atoms with van der Waals surface area (Å²) >= 11 is 0. The summed E-state index contributed by atoms with van der Waals surface area (Å²) in [7, 11) is -3.66. The number of morpholine rings is 1. The van der Waals surface area contributed by atoms with E-state index >= 15 is 0 Å². The van der Waals surface area contributed by atoms with Crippen molar-refractivity contribution in [2.24, 2.45) is 0 Å². The van der Waals surface area contributed by atoms with Crippen molar-refractivity contribution < 1.29 is 27.2 Å². The number of carbonyl (C=O) groups is 1. The fraction of sp³-hybridized carbons (Fsp3) is 0.360. The van der Waals surface area contributed by atoms with Crippen LogP contribution < -0.4 is 10.1 Å². The number of nitrogens with one attached hydrogen (secondary N) is 1. The Kier molecular flexibility index (Phi) is 7.54. The zero-order valence-corrected chi connectivity index (χ0v) is 20.9. The quantitative estimate of drug-likeness (QED) is 0.506. The number of hydrogen-bond donors (Lipinski definition) is 1. The Morgan fingerprint density at radius 1 is 1.09 bits per heavy atom. The lowest BCUT2D eigenvalue weighted by molar-refractivity contribution is -0.115. The molecule has 9 nitrogen and oxygen atoms in total. The maximum absolute atomic E-state index is 13.1. The van der Waals surface area contributed by atoms with E-state index in [0.29, 0.717) is 49.9 Å². The lowest BCUT2D eigenvalue weighted by Crippen LogP contribution is -2.40. The van der Waals surface area contributed by atoms with Gasteiger partial charge >= 0.3 is 0 Å². The van der Waals surface area contributed by atoms with Crippen molar-refractivity contribution in [1.82, 2.24) is 9.46 Å². The lowest BCUT2D eigenvalue weighted by atomic mass is 10.1. The van der Waals surface area contributed by atoms with Gasteiger partial charge in [0, 0.05) is 18.8 Å². The van der Waals surface area contributed by atoms with Crippen LogP contribution in [0.3, 0.4) is 0 Å². The van der Waals surface area contributed by atoms with Gasteiger partial charge in [0.25, 0.3) is 0 Å². The van der Waals surface area contributed by atoms with Gasteiger partial charge in [-0.25, -0.2) is 8.42 Å². The highest BCUT2D eigenvalue weighted by Crippen LogP contribution is 2.25. The molecular weight excluding hydrogens is 470 g/mol. The van der Waals surface area contributed by atoms with E-state index in [1.165, 1.54) is 10.4 Å². The van der Waals surface area contributed by atoms with Crippen LogP contribution in [0.5, 0.6) is 5.75 Å². The zero-order chi connectivity index (χ0) is 25.0. The average Bonchev–Trinajstić information content (AvgIpc) is 3.17. The number of ether oxygens (including phenoxy) is 2. The molecule has 10 heteroatoms. The lowest BCUT2D eigenvalue weighted by Gasteiger charge is -2.26. The Morgan fingerprint density at radius 2 is 1.80 bits per heavy atom. The smallest absolute Gasteiger partial charge is 0.243 e. The molecular formula is C25H29N3O6S. The van der Waals surface area contributed by atoms with Gasteiger partial charge in [0.05, 0.1) is 35.8 Å². The summed E-state index contributed by atoms with van der Waals surface area (Å²) in [5, 5.41) is 6.73. The van der Waals surface area contributed by atoms with Crippen molar-refractivity contribution in [3.63, 3.8) is 0 Å². The summed E-state index contributed by atoms with van der Waals surface area (Å²) < 4.78 is 43.8. The summed E-state index contributed by atoms with van der Waals surface area (Å²) in [5.74, 6) is 1.16. The predicted octanol–water partition coefficient (Wildman–Crippen LogP) is 3.38. The van der Waals surface area contributed by atoms with Gasteiger partial charge in [-0.15, -0.1) is 0 Å². The van der Waals surface area contributed by atoms with Crippen LogP contribution in [-0.2, 0) is 32.6 Å². The topological polar surface area (TPSA) is 111 Å². The number of rotatable bonds is 8. The van der Waals surface area contributed by atoms with Crippen LogP contribution in [0.1, 0.15) is 28.1 Å². The third-order valence-electron chi connectivity index (χ3n) is 5.91. The molecule has 186 valence electrons. The van der Waals surface area contributed by atoms with E-state index in [4.69, 9.17) is 14.0 Å². The number of sulfonamides is 1. The molecule has 0 spiro atoms. The van der Waals surface area contributed by atoms with Crippen molar-refractivity contribution in [2.75, 3.05) is 31.6 Å². The first-order chi connectivity index (χ1) is 16.7. The zero-order valence-electron chi connectivity index (χ0n) is 20.0. The summed E-state index contributed by atoms with van der Waals surface area (Å²) in [6.45, 7) is 7.18. The normalized spacial score (nSPS) is 14.6.